The fraction of sp³-hybridized carbons (Fsp3) is 0.176. The summed E-state index contributed by atoms with van der Waals surface area (Å²) in [6.45, 7) is 3.33. The van der Waals surface area contributed by atoms with Crippen molar-refractivity contribution in [3.8, 4) is 0 Å². The fourth-order valence-electron chi connectivity index (χ4n) is 2.20. The van der Waals surface area contributed by atoms with Crippen molar-refractivity contribution in [2.24, 2.45) is 0 Å². The normalized spacial score (nSPS) is 10.7. The summed E-state index contributed by atoms with van der Waals surface area (Å²) in [5.41, 5.74) is 3.07. The minimum Gasteiger partial charge on any atom is -0.377 e. The van der Waals surface area contributed by atoms with Crippen LogP contribution in [0, 0.1) is 0 Å². The number of anilines is 2. The van der Waals surface area contributed by atoms with Gasteiger partial charge in [-0.3, -0.25) is 0 Å². The van der Waals surface area contributed by atoms with Crippen molar-refractivity contribution in [2.45, 2.75) is 13.5 Å². The molecule has 1 aromatic heterocycles. The molecule has 0 saturated heterocycles. The third-order valence-corrected chi connectivity index (χ3v) is 3.21. The lowest BCUT2D eigenvalue weighted by Crippen LogP contribution is -1.97. The summed E-state index contributed by atoms with van der Waals surface area (Å²) in [6, 6.07) is 16.1. The van der Waals surface area contributed by atoms with Crippen LogP contribution in [0.25, 0.3) is 10.9 Å². The van der Waals surface area contributed by atoms with Crippen molar-refractivity contribution in [1.82, 2.24) is 9.97 Å². The van der Waals surface area contributed by atoms with Gasteiger partial charge in [-0.05, 0) is 36.8 Å². The molecule has 2 aromatic carbocycles. The van der Waals surface area contributed by atoms with Crippen LogP contribution >= 0.6 is 0 Å². The van der Waals surface area contributed by atoms with E-state index in [1.54, 1.807) is 6.33 Å². The van der Waals surface area contributed by atoms with Crippen LogP contribution < -0.4 is 5.32 Å². The van der Waals surface area contributed by atoms with E-state index in [9.17, 15) is 0 Å². The Morgan fingerprint density at radius 2 is 1.95 bits per heavy atom. The third-order valence-electron chi connectivity index (χ3n) is 3.21. The molecule has 0 spiro atoms. The standard InChI is InChI=1S/C17H17N3O/c1-2-21-11-13-6-5-7-14(10-13)20-17-15-8-3-4-9-16(15)18-12-19-17/h3-10,12H,2,11H2,1H3,(H,18,19,20). The lowest BCUT2D eigenvalue weighted by Gasteiger charge is -2.09. The summed E-state index contributed by atoms with van der Waals surface area (Å²) in [5, 5.41) is 4.37. The quantitative estimate of drug-likeness (QED) is 0.769. The molecule has 1 heterocycles. The zero-order valence-electron chi connectivity index (χ0n) is 11.9. The molecule has 1 N–H and O–H groups in total. The first-order chi connectivity index (χ1) is 10.4. The number of aromatic nitrogens is 2. The molecule has 0 aliphatic carbocycles. The van der Waals surface area contributed by atoms with Crippen molar-refractivity contribution >= 4 is 22.4 Å². The predicted octanol–water partition coefficient (Wildman–Crippen LogP) is 3.91. The van der Waals surface area contributed by atoms with E-state index in [-0.39, 0.29) is 0 Å². The summed E-state index contributed by atoms with van der Waals surface area (Å²) >= 11 is 0. The molecule has 4 nitrogen and oxygen atoms in total. The first-order valence-corrected chi connectivity index (χ1v) is 7.00. The Morgan fingerprint density at radius 1 is 1.05 bits per heavy atom. The van der Waals surface area contributed by atoms with Crippen LogP contribution in [0.4, 0.5) is 11.5 Å². The minimum atomic E-state index is 0.622. The maximum atomic E-state index is 5.44. The highest BCUT2D eigenvalue weighted by Crippen LogP contribution is 2.23. The van der Waals surface area contributed by atoms with Gasteiger partial charge >= 0.3 is 0 Å². The maximum Gasteiger partial charge on any atom is 0.141 e. The van der Waals surface area contributed by atoms with Crippen molar-refractivity contribution in [3.05, 3.63) is 60.4 Å². The number of fused-ring (bicyclic) bond motifs is 1. The molecule has 0 amide bonds. The number of nitrogens with one attached hydrogen (secondary N) is 1. The molecule has 0 aliphatic heterocycles. The van der Waals surface area contributed by atoms with E-state index >= 15 is 0 Å². The van der Waals surface area contributed by atoms with Gasteiger partial charge in [0.1, 0.15) is 12.1 Å². The number of para-hydroxylation sites is 1. The van der Waals surface area contributed by atoms with Crippen LogP contribution in [0.15, 0.2) is 54.9 Å². The number of nitrogens with zero attached hydrogens (tertiary/aromatic N) is 2. The van der Waals surface area contributed by atoms with Crippen molar-refractivity contribution < 1.29 is 4.74 Å². The molecule has 0 bridgehead atoms. The first-order valence-electron chi connectivity index (χ1n) is 7.00. The Balaban J connectivity index is 1.88. The van der Waals surface area contributed by atoms with Gasteiger partial charge in [0.25, 0.3) is 0 Å². The lowest BCUT2D eigenvalue weighted by atomic mass is 10.2. The molecule has 0 fully saturated rings. The second-order valence-corrected chi connectivity index (χ2v) is 4.70. The predicted molar refractivity (Wildman–Crippen MR) is 84.6 cm³/mol. The molecule has 21 heavy (non-hydrogen) atoms. The molecule has 0 unspecified atom stereocenters. The highest BCUT2D eigenvalue weighted by molar-refractivity contribution is 5.90. The summed E-state index contributed by atoms with van der Waals surface area (Å²) in [7, 11) is 0. The molecule has 3 aromatic rings. The number of hydrogen-bond donors (Lipinski definition) is 1. The molecular formula is C17H17N3O. The summed E-state index contributed by atoms with van der Waals surface area (Å²) in [6.07, 6.45) is 1.58. The summed E-state index contributed by atoms with van der Waals surface area (Å²) in [4.78, 5) is 8.61. The Kier molecular flexibility index (Phi) is 4.07. The van der Waals surface area contributed by atoms with Gasteiger partial charge in [0, 0.05) is 17.7 Å². The van der Waals surface area contributed by atoms with E-state index in [4.69, 9.17) is 4.74 Å². The van der Waals surface area contributed by atoms with Crippen LogP contribution in [0.5, 0.6) is 0 Å². The van der Waals surface area contributed by atoms with Crippen LogP contribution in [0.1, 0.15) is 12.5 Å². The minimum absolute atomic E-state index is 0.622. The largest absolute Gasteiger partial charge is 0.377 e. The van der Waals surface area contributed by atoms with Crippen LogP contribution in [0.2, 0.25) is 0 Å². The van der Waals surface area contributed by atoms with E-state index in [0.29, 0.717) is 13.2 Å². The first kappa shape index (κ1) is 13.5. The van der Waals surface area contributed by atoms with Crippen LogP contribution in [-0.4, -0.2) is 16.6 Å². The average molecular weight is 279 g/mol. The monoisotopic (exact) mass is 279 g/mol. The zero-order valence-corrected chi connectivity index (χ0v) is 11.9. The van der Waals surface area contributed by atoms with Gasteiger partial charge in [-0.2, -0.15) is 0 Å². The van der Waals surface area contributed by atoms with Crippen LogP contribution in [-0.2, 0) is 11.3 Å². The fourth-order valence-corrected chi connectivity index (χ4v) is 2.20. The van der Waals surface area contributed by atoms with Gasteiger partial charge in [-0.1, -0.05) is 24.3 Å². The number of ether oxygens (including phenoxy) is 1. The Hall–Kier alpha value is -2.46. The zero-order chi connectivity index (χ0) is 14.5. The highest BCUT2D eigenvalue weighted by atomic mass is 16.5. The third kappa shape index (κ3) is 3.17. The second kappa shape index (κ2) is 6.33. The molecule has 106 valence electrons. The second-order valence-electron chi connectivity index (χ2n) is 4.70. The topological polar surface area (TPSA) is 47.0 Å². The molecule has 0 atom stereocenters. The molecular weight excluding hydrogens is 262 g/mol. The molecule has 4 heteroatoms. The van der Waals surface area contributed by atoms with E-state index in [0.717, 1.165) is 28.0 Å². The average Bonchev–Trinajstić information content (AvgIpc) is 2.54. The molecule has 3 rings (SSSR count). The summed E-state index contributed by atoms with van der Waals surface area (Å²) < 4.78 is 5.44. The summed E-state index contributed by atoms with van der Waals surface area (Å²) in [5.74, 6) is 0.814. The van der Waals surface area contributed by atoms with Gasteiger partial charge < -0.3 is 10.1 Å². The van der Waals surface area contributed by atoms with E-state index < -0.39 is 0 Å². The van der Waals surface area contributed by atoms with E-state index in [1.165, 1.54) is 0 Å². The SMILES string of the molecule is CCOCc1cccc(Nc2ncnc3ccccc23)c1. The van der Waals surface area contributed by atoms with Gasteiger partial charge in [0.2, 0.25) is 0 Å². The maximum absolute atomic E-state index is 5.44. The van der Waals surface area contributed by atoms with Gasteiger partial charge in [0.05, 0.1) is 12.1 Å². The van der Waals surface area contributed by atoms with Crippen molar-refractivity contribution in [2.75, 3.05) is 11.9 Å². The van der Waals surface area contributed by atoms with Gasteiger partial charge in [0.15, 0.2) is 0 Å². The highest BCUT2D eigenvalue weighted by Gasteiger charge is 2.03. The van der Waals surface area contributed by atoms with E-state index in [2.05, 4.69) is 27.4 Å². The Bertz CT molecular complexity index is 737. The van der Waals surface area contributed by atoms with Gasteiger partial charge in [-0.25, -0.2) is 9.97 Å². The lowest BCUT2D eigenvalue weighted by molar-refractivity contribution is 0.134. The molecule has 0 radical (unpaired) electrons. The Labute approximate surface area is 123 Å². The van der Waals surface area contributed by atoms with Gasteiger partial charge in [-0.15, -0.1) is 0 Å². The van der Waals surface area contributed by atoms with Crippen molar-refractivity contribution in [3.63, 3.8) is 0 Å². The smallest absolute Gasteiger partial charge is 0.141 e. The number of rotatable bonds is 5. The molecule has 0 aliphatic rings. The van der Waals surface area contributed by atoms with Crippen LogP contribution in [0.3, 0.4) is 0 Å². The van der Waals surface area contributed by atoms with E-state index in [1.807, 2.05) is 43.3 Å². The molecule has 0 saturated carbocycles. The number of benzene rings is 2. The van der Waals surface area contributed by atoms with Crippen molar-refractivity contribution in [1.29, 1.82) is 0 Å². The number of hydrogen-bond acceptors (Lipinski definition) is 4. The Morgan fingerprint density at radius 3 is 2.86 bits per heavy atom.